The Morgan fingerprint density at radius 1 is 1.42 bits per heavy atom. The van der Waals surface area contributed by atoms with Gasteiger partial charge in [-0.3, -0.25) is 4.79 Å². The van der Waals surface area contributed by atoms with Crippen LogP contribution in [0.5, 0.6) is 5.88 Å². The van der Waals surface area contributed by atoms with Crippen molar-refractivity contribution in [3.8, 4) is 5.88 Å². The van der Waals surface area contributed by atoms with E-state index in [-0.39, 0.29) is 5.91 Å². The molecule has 1 aliphatic rings. The highest BCUT2D eigenvalue weighted by Gasteiger charge is 2.19. The van der Waals surface area contributed by atoms with Gasteiger partial charge in [0.2, 0.25) is 11.8 Å². The van der Waals surface area contributed by atoms with E-state index in [1.807, 2.05) is 11.0 Å². The molecule has 0 atom stereocenters. The molecule has 0 unspecified atom stereocenters. The number of imidazole rings is 1. The van der Waals surface area contributed by atoms with Gasteiger partial charge in [0.25, 0.3) is 0 Å². The van der Waals surface area contributed by atoms with Crippen LogP contribution in [0, 0.1) is 0 Å². The summed E-state index contributed by atoms with van der Waals surface area (Å²) in [6.07, 6.45) is 5.80. The SMILES string of the molecule is O=C1CCCN1CCCOc1nccc2[nH]cnc12. The van der Waals surface area contributed by atoms with E-state index in [9.17, 15) is 4.79 Å². The van der Waals surface area contributed by atoms with Crippen molar-refractivity contribution in [2.45, 2.75) is 19.3 Å². The zero-order valence-electron chi connectivity index (χ0n) is 10.6. The molecule has 6 nitrogen and oxygen atoms in total. The molecular formula is C13H16N4O2. The standard InChI is InChI=1S/C13H16N4O2/c18-11-3-1-6-17(11)7-2-8-19-13-12-10(4-5-14-13)15-9-16-12/h4-5,9H,1-3,6-8H2,(H,15,16). The Hall–Kier alpha value is -2.11. The molecule has 6 heteroatoms. The third-order valence-electron chi connectivity index (χ3n) is 3.29. The molecule has 2 aromatic heterocycles. The van der Waals surface area contributed by atoms with Crippen LogP contribution in [-0.4, -0.2) is 45.5 Å². The normalized spacial score (nSPS) is 15.4. The van der Waals surface area contributed by atoms with Crippen molar-refractivity contribution in [1.82, 2.24) is 19.9 Å². The van der Waals surface area contributed by atoms with E-state index in [0.717, 1.165) is 37.0 Å². The third kappa shape index (κ3) is 2.52. The van der Waals surface area contributed by atoms with Crippen LogP contribution in [-0.2, 0) is 4.79 Å². The lowest BCUT2D eigenvalue weighted by atomic mass is 10.4. The summed E-state index contributed by atoms with van der Waals surface area (Å²) in [5, 5.41) is 0. The van der Waals surface area contributed by atoms with Crippen molar-refractivity contribution in [3.05, 3.63) is 18.6 Å². The average Bonchev–Trinajstić information content (AvgIpc) is 3.04. The summed E-state index contributed by atoms with van der Waals surface area (Å²) in [5.74, 6) is 0.805. The van der Waals surface area contributed by atoms with Crippen LogP contribution in [0.1, 0.15) is 19.3 Å². The summed E-state index contributed by atoms with van der Waals surface area (Å²) < 4.78 is 5.64. The first kappa shape index (κ1) is 12.0. The number of hydrogen-bond acceptors (Lipinski definition) is 4. The molecule has 0 bridgehead atoms. The zero-order valence-corrected chi connectivity index (χ0v) is 10.6. The van der Waals surface area contributed by atoms with E-state index in [2.05, 4.69) is 15.0 Å². The van der Waals surface area contributed by atoms with Crippen LogP contribution >= 0.6 is 0 Å². The number of aromatic nitrogens is 3. The highest BCUT2D eigenvalue weighted by Crippen LogP contribution is 2.19. The molecule has 1 N–H and O–H groups in total. The van der Waals surface area contributed by atoms with Gasteiger partial charge in [0.15, 0.2) is 5.52 Å². The second-order valence-corrected chi connectivity index (χ2v) is 4.60. The Labute approximate surface area is 110 Å². The van der Waals surface area contributed by atoms with Crippen molar-refractivity contribution in [2.75, 3.05) is 19.7 Å². The van der Waals surface area contributed by atoms with Gasteiger partial charge in [0.1, 0.15) is 0 Å². The van der Waals surface area contributed by atoms with E-state index in [1.54, 1.807) is 12.5 Å². The molecule has 0 spiro atoms. The van der Waals surface area contributed by atoms with Crippen LogP contribution < -0.4 is 4.74 Å². The van der Waals surface area contributed by atoms with Crippen molar-refractivity contribution >= 4 is 16.9 Å². The molecule has 3 heterocycles. The summed E-state index contributed by atoms with van der Waals surface area (Å²) in [4.78, 5) is 24.7. The largest absolute Gasteiger partial charge is 0.476 e. The quantitative estimate of drug-likeness (QED) is 0.824. The molecule has 0 aliphatic carbocycles. The Morgan fingerprint density at radius 2 is 2.37 bits per heavy atom. The molecule has 0 aromatic carbocycles. The van der Waals surface area contributed by atoms with Crippen molar-refractivity contribution in [2.24, 2.45) is 0 Å². The molecule has 1 fully saturated rings. The predicted octanol–water partition coefficient (Wildman–Crippen LogP) is 1.35. The molecule has 1 saturated heterocycles. The minimum Gasteiger partial charge on any atom is -0.476 e. The van der Waals surface area contributed by atoms with Gasteiger partial charge in [0, 0.05) is 25.7 Å². The average molecular weight is 260 g/mol. The predicted molar refractivity (Wildman–Crippen MR) is 69.8 cm³/mol. The lowest BCUT2D eigenvalue weighted by Crippen LogP contribution is -2.26. The van der Waals surface area contributed by atoms with Crippen LogP contribution in [0.25, 0.3) is 11.0 Å². The van der Waals surface area contributed by atoms with Crippen LogP contribution in [0.4, 0.5) is 0 Å². The molecule has 1 amide bonds. The van der Waals surface area contributed by atoms with Gasteiger partial charge in [-0.15, -0.1) is 0 Å². The summed E-state index contributed by atoms with van der Waals surface area (Å²) in [6.45, 7) is 2.18. The lowest BCUT2D eigenvalue weighted by Gasteiger charge is -2.15. The second-order valence-electron chi connectivity index (χ2n) is 4.60. The minimum atomic E-state index is 0.257. The Bertz CT molecular complexity index is 581. The fraction of sp³-hybridized carbons (Fsp3) is 0.462. The maximum Gasteiger partial charge on any atom is 0.242 e. The number of H-pyrrole nitrogens is 1. The molecule has 19 heavy (non-hydrogen) atoms. The fourth-order valence-electron chi connectivity index (χ4n) is 2.31. The number of nitrogens with zero attached hydrogens (tertiary/aromatic N) is 3. The molecule has 2 aromatic rings. The van der Waals surface area contributed by atoms with E-state index < -0.39 is 0 Å². The number of nitrogens with one attached hydrogen (secondary N) is 1. The monoisotopic (exact) mass is 260 g/mol. The molecule has 1 aliphatic heterocycles. The Morgan fingerprint density at radius 3 is 3.21 bits per heavy atom. The van der Waals surface area contributed by atoms with Gasteiger partial charge < -0.3 is 14.6 Å². The van der Waals surface area contributed by atoms with Gasteiger partial charge in [-0.25, -0.2) is 9.97 Å². The van der Waals surface area contributed by atoms with E-state index >= 15 is 0 Å². The van der Waals surface area contributed by atoms with E-state index in [0.29, 0.717) is 18.9 Å². The van der Waals surface area contributed by atoms with Crippen LogP contribution in [0.2, 0.25) is 0 Å². The summed E-state index contributed by atoms with van der Waals surface area (Å²) >= 11 is 0. The molecule has 0 saturated carbocycles. The number of carbonyl (C=O) groups is 1. The number of hydrogen-bond donors (Lipinski definition) is 1. The van der Waals surface area contributed by atoms with E-state index in [4.69, 9.17) is 4.74 Å². The molecule has 0 radical (unpaired) electrons. The maximum atomic E-state index is 11.4. The topological polar surface area (TPSA) is 71.1 Å². The Balaban J connectivity index is 1.52. The highest BCUT2D eigenvalue weighted by molar-refractivity contribution is 5.79. The van der Waals surface area contributed by atoms with Crippen molar-refractivity contribution in [3.63, 3.8) is 0 Å². The maximum absolute atomic E-state index is 11.4. The lowest BCUT2D eigenvalue weighted by molar-refractivity contribution is -0.127. The molecular weight excluding hydrogens is 244 g/mol. The van der Waals surface area contributed by atoms with Gasteiger partial charge in [0.05, 0.1) is 18.5 Å². The molecule has 3 rings (SSSR count). The number of likely N-dealkylation sites (tertiary alicyclic amines) is 1. The van der Waals surface area contributed by atoms with Gasteiger partial charge in [-0.05, 0) is 18.9 Å². The second kappa shape index (κ2) is 5.26. The molecule has 100 valence electrons. The van der Waals surface area contributed by atoms with Crippen molar-refractivity contribution in [1.29, 1.82) is 0 Å². The zero-order chi connectivity index (χ0) is 13.1. The summed E-state index contributed by atoms with van der Waals surface area (Å²) in [7, 11) is 0. The summed E-state index contributed by atoms with van der Waals surface area (Å²) in [5.41, 5.74) is 1.67. The van der Waals surface area contributed by atoms with Crippen LogP contribution in [0.15, 0.2) is 18.6 Å². The number of amides is 1. The highest BCUT2D eigenvalue weighted by atomic mass is 16.5. The van der Waals surface area contributed by atoms with Gasteiger partial charge in [-0.2, -0.15) is 0 Å². The number of fused-ring (bicyclic) bond motifs is 1. The first-order valence-corrected chi connectivity index (χ1v) is 6.53. The number of pyridine rings is 1. The minimum absolute atomic E-state index is 0.257. The first-order chi connectivity index (χ1) is 9.34. The first-order valence-electron chi connectivity index (χ1n) is 6.53. The number of rotatable bonds is 5. The third-order valence-corrected chi connectivity index (χ3v) is 3.29. The Kier molecular flexibility index (Phi) is 3.31. The van der Waals surface area contributed by atoms with Gasteiger partial charge >= 0.3 is 0 Å². The summed E-state index contributed by atoms with van der Waals surface area (Å²) in [6, 6.07) is 1.86. The number of ether oxygens (including phenoxy) is 1. The van der Waals surface area contributed by atoms with Crippen LogP contribution in [0.3, 0.4) is 0 Å². The number of carbonyl (C=O) groups excluding carboxylic acids is 1. The van der Waals surface area contributed by atoms with Gasteiger partial charge in [-0.1, -0.05) is 0 Å². The van der Waals surface area contributed by atoms with Crippen molar-refractivity contribution < 1.29 is 9.53 Å². The number of aromatic amines is 1. The fourth-order valence-corrected chi connectivity index (χ4v) is 2.31. The smallest absolute Gasteiger partial charge is 0.242 e. The van der Waals surface area contributed by atoms with E-state index in [1.165, 1.54) is 0 Å².